The van der Waals surface area contributed by atoms with Gasteiger partial charge in [0.05, 0.1) is 0 Å². The SMILES string of the molecule is CC(C)c1ccc2c(c1)CC(C(C)C)CC2. The summed E-state index contributed by atoms with van der Waals surface area (Å²) in [6, 6.07) is 7.13. The minimum atomic E-state index is 0.657. The van der Waals surface area contributed by atoms with Crippen LogP contribution in [0.5, 0.6) is 0 Å². The van der Waals surface area contributed by atoms with Gasteiger partial charge >= 0.3 is 0 Å². The lowest BCUT2D eigenvalue weighted by molar-refractivity contribution is 0.343. The maximum absolute atomic E-state index is 2.45. The van der Waals surface area contributed by atoms with Crippen LogP contribution >= 0.6 is 0 Å². The molecule has 1 atom stereocenters. The molecule has 1 aromatic carbocycles. The maximum atomic E-state index is 2.45. The van der Waals surface area contributed by atoms with Crippen LogP contribution in [-0.2, 0) is 12.8 Å². The second-order valence-electron chi connectivity index (χ2n) is 5.93. The number of hydrogen-bond acceptors (Lipinski definition) is 0. The molecular formula is C16H24. The first kappa shape index (κ1) is 11.7. The van der Waals surface area contributed by atoms with Crippen LogP contribution < -0.4 is 0 Å². The van der Waals surface area contributed by atoms with Crippen molar-refractivity contribution in [3.05, 3.63) is 34.9 Å². The van der Waals surface area contributed by atoms with E-state index in [1.165, 1.54) is 24.8 Å². The molecule has 1 aliphatic carbocycles. The van der Waals surface area contributed by atoms with Gasteiger partial charge in [-0.3, -0.25) is 0 Å². The van der Waals surface area contributed by atoms with Crippen molar-refractivity contribution >= 4 is 0 Å². The van der Waals surface area contributed by atoms with Crippen molar-refractivity contribution < 1.29 is 0 Å². The zero-order chi connectivity index (χ0) is 11.7. The first-order chi connectivity index (χ1) is 7.58. The Morgan fingerprint density at radius 3 is 2.44 bits per heavy atom. The normalized spacial score (nSPS) is 20.2. The molecule has 0 nitrogen and oxygen atoms in total. The van der Waals surface area contributed by atoms with Crippen LogP contribution in [-0.4, -0.2) is 0 Å². The van der Waals surface area contributed by atoms with Gasteiger partial charge < -0.3 is 0 Å². The molecular weight excluding hydrogens is 192 g/mol. The van der Waals surface area contributed by atoms with Crippen molar-refractivity contribution in [3.63, 3.8) is 0 Å². The molecule has 1 aliphatic rings. The quantitative estimate of drug-likeness (QED) is 0.679. The van der Waals surface area contributed by atoms with E-state index in [9.17, 15) is 0 Å². The fourth-order valence-corrected chi connectivity index (χ4v) is 2.73. The largest absolute Gasteiger partial charge is 0.0625 e. The fraction of sp³-hybridized carbons (Fsp3) is 0.625. The van der Waals surface area contributed by atoms with Crippen molar-refractivity contribution in [1.29, 1.82) is 0 Å². The molecule has 1 unspecified atom stereocenters. The van der Waals surface area contributed by atoms with Crippen LogP contribution in [0.25, 0.3) is 0 Å². The number of benzene rings is 1. The summed E-state index contributed by atoms with van der Waals surface area (Å²) in [7, 11) is 0. The van der Waals surface area contributed by atoms with Gasteiger partial charge in [0.25, 0.3) is 0 Å². The molecule has 0 amide bonds. The van der Waals surface area contributed by atoms with Gasteiger partial charge in [-0.2, -0.15) is 0 Å². The summed E-state index contributed by atoms with van der Waals surface area (Å²) in [6.45, 7) is 9.29. The summed E-state index contributed by atoms with van der Waals surface area (Å²) in [5.74, 6) is 2.38. The minimum Gasteiger partial charge on any atom is -0.0625 e. The molecule has 0 saturated carbocycles. The van der Waals surface area contributed by atoms with Crippen LogP contribution in [0.15, 0.2) is 18.2 Å². The van der Waals surface area contributed by atoms with Crippen molar-refractivity contribution in [2.45, 2.75) is 52.9 Å². The molecule has 0 spiro atoms. The highest BCUT2D eigenvalue weighted by atomic mass is 14.3. The summed E-state index contributed by atoms with van der Waals surface area (Å²) >= 11 is 0. The van der Waals surface area contributed by atoms with Gasteiger partial charge in [-0.1, -0.05) is 45.9 Å². The maximum Gasteiger partial charge on any atom is -0.0219 e. The van der Waals surface area contributed by atoms with Gasteiger partial charge in [0.1, 0.15) is 0 Å². The Balaban J connectivity index is 2.25. The molecule has 2 rings (SSSR count). The molecule has 88 valence electrons. The molecule has 0 heteroatoms. The van der Waals surface area contributed by atoms with Gasteiger partial charge in [-0.25, -0.2) is 0 Å². The van der Waals surface area contributed by atoms with Gasteiger partial charge in [0.15, 0.2) is 0 Å². The molecule has 0 N–H and O–H groups in total. The summed E-state index contributed by atoms with van der Waals surface area (Å²) in [5, 5.41) is 0. The predicted octanol–water partition coefficient (Wildman–Crippen LogP) is 4.57. The van der Waals surface area contributed by atoms with Crippen LogP contribution in [0, 0.1) is 11.8 Å². The smallest absolute Gasteiger partial charge is 0.0219 e. The Kier molecular flexibility index (Phi) is 3.37. The predicted molar refractivity (Wildman–Crippen MR) is 70.9 cm³/mol. The monoisotopic (exact) mass is 216 g/mol. The van der Waals surface area contributed by atoms with Crippen LogP contribution in [0.4, 0.5) is 0 Å². The van der Waals surface area contributed by atoms with E-state index >= 15 is 0 Å². The second-order valence-corrected chi connectivity index (χ2v) is 5.93. The molecule has 0 radical (unpaired) electrons. The topological polar surface area (TPSA) is 0 Å². The average molecular weight is 216 g/mol. The van der Waals surface area contributed by atoms with Crippen LogP contribution in [0.3, 0.4) is 0 Å². The standard InChI is InChI=1S/C16H24/c1-11(2)14-7-5-13-6-8-15(12(3)4)10-16(13)9-14/h5,7,9,11-12,15H,6,8,10H2,1-4H3. The summed E-state index contributed by atoms with van der Waals surface area (Å²) in [6.07, 6.45) is 3.97. The van der Waals surface area contributed by atoms with Crippen molar-refractivity contribution in [1.82, 2.24) is 0 Å². The molecule has 1 aromatic rings. The average Bonchev–Trinajstić information content (AvgIpc) is 2.27. The number of hydrogen-bond donors (Lipinski definition) is 0. The third kappa shape index (κ3) is 2.31. The van der Waals surface area contributed by atoms with E-state index in [0.717, 1.165) is 11.8 Å². The third-order valence-electron chi connectivity index (χ3n) is 4.11. The molecule has 0 heterocycles. The highest BCUT2D eigenvalue weighted by Crippen LogP contribution is 2.31. The Bertz CT molecular complexity index is 360. The zero-order valence-corrected chi connectivity index (χ0v) is 11.1. The van der Waals surface area contributed by atoms with Gasteiger partial charge in [-0.05, 0) is 53.7 Å². The van der Waals surface area contributed by atoms with E-state index in [2.05, 4.69) is 45.9 Å². The van der Waals surface area contributed by atoms with E-state index in [1.54, 1.807) is 11.1 Å². The van der Waals surface area contributed by atoms with Gasteiger partial charge in [-0.15, -0.1) is 0 Å². The third-order valence-corrected chi connectivity index (χ3v) is 4.11. The van der Waals surface area contributed by atoms with E-state index < -0.39 is 0 Å². The van der Waals surface area contributed by atoms with E-state index in [-0.39, 0.29) is 0 Å². The van der Waals surface area contributed by atoms with Gasteiger partial charge in [0, 0.05) is 0 Å². The van der Waals surface area contributed by atoms with Crippen molar-refractivity contribution in [2.24, 2.45) is 11.8 Å². The molecule has 0 bridgehead atoms. The minimum absolute atomic E-state index is 0.657. The summed E-state index contributed by atoms with van der Waals surface area (Å²) < 4.78 is 0. The zero-order valence-electron chi connectivity index (χ0n) is 11.1. The van der Waals surface area contributed by atoms with Crippen LogP contribution in [0.2, 0.25) is 0 Å². The fourth-order valence-electron chi connectivity index (χ4n) is 2.73. The van der Waals surface area contributed by atoms with E-state index in [0.29, 0.717) is 5.92 Å². The second kappa shape index (κ2) is 4.61. The first-order valence-electron chi connectivity index (χ1n) is 6.69. The highest BCUT2D eigenvalue weighted by Gasteiger charge is 2.21. The number of aryl methyl sites for hydroxylation is 1. The lowest BCUT2D eigenvalue weighted by Crippen LogP contribution is -2.19. The van der Waals surface area contributed by atoms with E-state index in [1.807, 2.05) is 0 Å². The Morgan fingerprint density at radius 1 is 1.06 bits per heavy atom. The molecule has 0 fully saturated rings. The molecule has 0 saturated heterocycles. The van der Waals surface area contributed by atoms with E-state index in [4.69, 9.17) is 0 Å². The number of fused-ring (bicyclic) bond motifs is 1. The highest BCUT2D eigenvalue weighted by molar-refractivity contribution is 5.35. The lowest BCUT2D eigenvalue weighted by Gasteiger charge is -2.28. The molecule has 0 aromatic heterocycles. The number of rotatable bonds is 2. The van der Waals surface area contributed by atoms with Crippen LogP contribution in [0.1, 0.15) is 56.7 Å². The summed E-state index contributed by atoms with van der Waals surface area (Å²) in [5.41, 5.74) is 4.72. The molecule has 16 heavy (non-hydrogen) atoms. The van der Waals surface area contributed by atoms with Crippen molar-refractivity contribution in [2.75, 3.05) is 0 Å². The Labute approximate surface area is 100 Å². The van der Waals surface area contributed by atoms with Crippen molar-refractivity contribution in [3.8, 4) is 0 Å². The first-order valence-corrected chi connectivity index (χ1v) is 6.69. The van der Waals surface area contributed by atoms with Gasteiger partial charge in [0.2, 0.25) is 0 Å². The Morgan fingerprint density at radius 2 is 1.81 bits per heavy atom. The molecule has 0 aliphatic heterocycles. The summed E-state index contributed by atoms with van der Waals surface area (Å²) in [4.78, 5) is 0. The Hall–Kier alpha value is -0.780. The lowest BCUT2D eigenvalue weighted by atomic mass is 9.77.